The van der Waals surface area contributed by atoms with Crippen molar-refractivity contribution < 1.29 is 13.9 Å². The summed E-state index contributed by atoms with van der Waals surface area (Å²) in [5.41, 5.74) is 5.33. The molecule has 4 heterocycles. The number of Topliss-reactive ketones (excluding diaryl/α,β-unsaturated/α-hetero) is 1. The molecule has 42 heavy (non-hydrogen) atoms. The van der Waals surface area contributed by atoms with E-state index in [0.29, 0.717) is 25.0 Å². The number of carbonyl (C=O) groups excluding carboxylic acids is 1. The molecule has 0 spiro atoms. The number of aromatic nitrogens is 5. The highest BCUT2D eigenvalue weighted by atomic mass is 19.1. The van der Waals surface area contributed by atoms with Crippen LogP contribution >= 0.6 is 0 Å². The van der Waals surface area contributed by atoms with Gasteiger partial charge >= 0.3 is 0 Å². The molecule has 5 aromatic rings. The van der Waals surface area contributed by atoms with E-state index in [1.165, 1.54) is 0 Å². The average molecular weight is 566 g/mol. The number of fused-ring (bicyclic) bond motifs is 2. The number of halogens is 1. The molecule has 10 heteroatoms. The summed E-state index contributed by atoms with van der Waals surface area (Å²) in [6.07, 6.45) is 4.47. The Morgan fingerprint density at radius 3 is 2.83 bits per heavy atom. The number of hydrogen-bond acceptors (Lipinski definition) is 8. The summed E-state index contributed by atoms with van der Waals surface area (Å²) in [7, 11) is 0. The quantitative estimate of drug-likeness (QED) is 0.203. The van der Waals surface area contributed by atoms with E-state index in [4.69, 9.17) is 19.7 Å². The van der Waals surface area contributed by atoms with Gasteiger partial charge in [-0.2, -0.15) is 19.6 Å². The van der Waals surface area contributed by atoms with Crippen molar-refractivity contribution in [2.75, 3.05) is 23.8 Å². The SMILES string of the molecule is C=C(F)C(=O)Cc1ccc2c(-c3ccccc3CNc3nc(NC4CCOC4)nc4c(C(C)C)cnn34)nccc2c1. The molecule has 3 aromatic heterocycles. The van der Waals surface area contributed by atoms with Gasteiger partial charge in [0, 0.05) is 42.3 Å². The summed E-state index contributed by atoms with van der Waals surface area (Å²) >= 11 is 0. The Kier molecular flexibility index (Phi) is 7.62. The predicted molar refractivity (Wildman–Crippen MR) is 161 cm³/mol. The number of ketones is 1. The van der Waals surface area contributed by atoms with Crippen molar-refractivity contribution in [3.8, 4) is 11.3 Å². The first-order valence-corrected chi connectivity index (χ1v) is 14.0. The van der Waals surface area contributed by atoms with Crippen molar-refractivity contribution in [1.29, 1.82) is 0 Å². The standard InChI is InChI=1S/C32H32FN7O2/c1-19(2)27-17-36-40-30(27)38-31(37-24-11-13-42-18-24)39-32(40)35-16-23-6-4-5-7-25(23)29-26-9-8-21(15-28(41)20(3)33)14-22(26)10-12-34-29/h4-10,12,14,17,19,24H,3,11,13,15-16,18H2,1-2H3,(H2,35,37,38,39). The Hall–Kier alpha value is -4.70. The monoisotopic (exact) mass is 565 g/mol. The van der Waals surface area contributed by atoms with Crippen LogP contribution in [0.25, 0.3) is 27.7 Å². The lowest BCUT2D eigenvalue weighted by Gasteiger charge is -2.15. The number of allylic oxidation sites excluding steroid dienone is 1. The van der Waals surface area contributed by atoms with Crippen LogP contribution in [0.3, 0.4) is 0 Å². The van der Waals surface area contributed by atoms with Gasteiger partial charge in [0.1, 0.15) is 0 Å². The maximum Gasteiger partial charge on any atom is 0.229 e. The van der Waals surface area contributed by atoms with Gasteiger partial charge in [0.25, 0.3) is 0 Å². The molecule has 1 aliphatic rings. The maximum atomic E-state index is 13.3. The van der Waals surface area contributed by atoms with Gasteiger partial charge in [-0.3, -0.25) is 9.78 Å². The molecular weight excluding hydrogens is 533 g/mol. The molecule has 0 bridgehead atoms. The Morgan fingerprint density at radius 2 is 2.05 bits per heavy atom. The highest BCUT2D eigenvalue weighted by Crippen LogP contribution is 2.31. The van der Waals surface area contributed by atoms with Gasteiger partial charge in [-0.1, -0.05) is 62.9 Å². The van der Waals surface area contributed by atoms with Gasteiger partial charge < -0.3 is 15.4 Å². The van der Waals surface area contributed by atoms with Gasteiger partial charge in [-0.15, -0.1) is 0 Å². The maximum absolute atomic E-state index is 13.3. The smallest absolute Gasteiger partial charge is 0.229 e. The number of ether oxygens (including phenoxy) is 1. The number of nitrogens with zero attached hydrogens (tertiary/aromatic N) is 5. The minimum atomic E-state index is -0.932. The third-order valence-electron chi connectivity index (χ3n) is 7.49. The third kappa shape index (κ3) is 5.58. The molecule has 214 valence electrons. The van der Waals surface area contributed by atoms with Gasteiger partial charge in [-0.25, -0.2) is 4.39 Å². The minimum absolute atomic E-state index is 0.0343. The number of benzene rings is 2. The zero-order valence-electron chi connectivity index (χ0n) is 23.6. The second-order valence-corrected chi connectivity index (χ2v) is 10.8. The Bertz CT molecular complexity index is 1790. The Balaban J connectivity index is 1.32. The number of nitrogens with one attached hydrogen (secondary N) is 2. The van der Waals surface area contributed by atoms with Crippen molar-refractivity contribution in [3.05, 3.63) is 90.0 Å². The third-order valence-corrected chi connectivity index (χ3v) is 7.49. The van der Waals surface area contributed by atoms with Crippen molar-refractivity contribution >= 4 is 34.1 Å². The number of anilines is 2. The summed E-state index contributed by atoms with van der Waals surface area (Å²) in [5, 5.41) is 13.4. The van der Waals surface area contributed by atoms with Crippen LogP contribution in [0.4, 0.5) is 16.3 Å². The van der Waals surface area contributed by atoms with Gasteiger partial charge in [-0.05, 0) is 34.9 Å². The van der Waals surface area contributed by atoms with E-state index in [1.54, 1.807) is 10.7 Å². The molecule has 6 rings (SSSR count). The average Bonchev–Trinajstić information content (AvgIpc) is 3.66. The minimum Gasteiger partial charge on any atom is -0.379 e. The molecule has 1 unspecified atom stereocenters. The molecule has 1 aliphatic heterocycles. The van der Waals surface area contributed by atoms with E-state index in [0.717, 1.165) is 57.4 Å². The summed E-state index contributed by atoms with van der Waals surface area (Å²) in [6, 6.07) is 15.8. The largest absolute Gasteiger partial charge is 0.379 e. The topological polar surface area (TPSA) is 106 Å². The highest BCUT2D eigenvalue weighted by molar-refractivity contribution is 5.98. The lowest BCUT2D eigenvalue weighted by atomic mass is 9.97. The van der Waals surface area contributed by atoms with Crippen LogP contribution in [0.15, 0.2) is 73.3 Å². The summed E-state index contributed by atoms with van der Waals surface area (Å²) in [4.78, 5) is 26.2. The van der Waals surface area contributed by atoms with Crippen molar-refractivity contribution in [2.45, 2.75) is 45.2 Å². The van der Waals surface area contributed by atoms with E-state index in [1.807, 2.05) is 48.7 Å². The van der Waals surface area contributed by atoms with E-state index >= 15 is 0 Å². The zero-order chi connectivity index (χ0) is 29.2. The Labute approximate surface area is 242 Å². The van der Waals surface area contributed by atoms with Gasteiger partial charge in [0.05, 0.1) is 24.5 Å². The van der Waals surface area contributed by atoms with Crippen LogP contribution in [0, 0.1) is 0 Å². The molecule has 1 atom stereocenters. The number of pyridine rings is 1. The van der Waals surface area contributed by atoms with E-state index in [9.17, 15) is 9.18 Å². The predicted octanol–water partition coefficient (Wildman–Crippen LogP) is 5.87. The fourth-order valence-electron chi connectivity index (χ4n) is 5.22. The summed E-state index contributed by atoms with van der Waals surface area (Å²) in [5.74, 6) is -0.179. The van der Waals surface area contributed by atoms with Crippen LogP contribution < -0.4 is 10.6 Å². The molecule has 0 radical (unpaired) electrons. The molecule has 1 saturated heterocycles. The second kappa shape index (κ2) is 11.7. The molecule has 9 nitrogen and oxygen atoms in total. The van der Waals surface area contributed by atoms with Crippen LogP contribution in [-0.2, 0) is 22.5 Å². The summed E-state index contributed by atoms with van der Waals surface area (Å²) < 4.78 is 20.6. The highest BCUT2D eigenvalue weighted by Gasteiger charge is 2.20. The Morgan fingerprint density at radius 1 is 1.19 bits per heavy atom. The van der Waals surface area contributed by atoms with Gasteiger partial charge in [0.15, 0.2) is 17.3 Å². The van der Waals surface area contributed by atoms with Crippen molar-refractivity contribution in [3.63, 3.8) is 0 Å². The molecule has 1 fully saturated rings. The molecular formula is C32H32FN7O2. The van der Waals surface area contributed by atoms with E-state index < -0.39 is 11.6 Å². The second-order valence-electron chi connectivity index (χ2n) is 10.8. The zero-order valence-corrected chi connectivity index (χ0v) is 23.6. The normalized spacial score (nSPS) is 15.0. The van der Waals surface area contributed by atoms with Crippen molar-refractivity contribution in [2.24, 2.45) is 0 Å². The number of carbonyl (C=O) groups is 1. The lowest BCUT2D eigenvalue weighted by molar-refractivity contribution is -0.116. The van der Waals surface area contributed by atoms with Crippen LogP contribution in [-0.4, -0.2) is 49.6 Å². The fourth-order valence-corrected chi connectivity index (χ4v) is 5.22. The van der Waals surface area contributed by atoms with E-state index in [-0.39, 0.29) is 18.4 Å². The first-order valence-electron chi connectivity index (χ1n) is 14.0. The van der Waals surface area contributed by atoms with Crippen LogP contribution in [0.1, 0.15) is 42.9 Å². The fraction of sp³-hybridized carbons (Fsp3) is 0.281. The number of hydrogen-bond donors (Lipinski definition) is 2. The van der Waals surface area contributed by atoms with Gasteiger partial charge in [0.2, 0.25) is 11.9 Å². The van der Waals surface area contributed by atoms with Crippen LogP contribution in [0.2, 0.25) is 0 Å². The molecule has 0 amide bonds. The van der Waals surface area contributed by atoms with Crippen LogP contribution in [0.5, 0.6) is 0 Å². The van der Waals surface area contributed by atoms with E-state index in [2.05, 4.69) is 42.2 Å². The lowest BCUT2D eigenvalue weighted by Crippen LogP contribution is -2.22. The first-order chi connectivity index (χ1) is 20.4. The molecule has 0 aliphatic carbocycles. The van der Waals surface area contributed by atoms with Crippen molar-refractivity contribution in [1.82, 2.24) is 24.6 Å². The molecule has 0 saturated carbocycles. The molecule has 2 N–H and O–H groups in total. The number of rotatable bonds is 10. The first kappa shape index (κ1) is 27.5. The summed E-state index contributed by atoms with van der Waals surface area (Å²) in [6.45, 7) is 9.17. The molecule has 2 aromatic carbocycles.